The van der Waals surface area contributed by atoms with Crippen molar-refractivity contribution in [2.24, 2.45) is 0 Å². The van der Waals surface area contributed by atoms with E-state index >= 15 is 0 Å². The van der Waals surface area contributed by atoms with Crippen molar-refractivity contribution in [1.29, 1.82) is 5.26 Å². The molecule has 4 heteroatoms. The molecule has 0 saturated carbocycles. The third kappa shape index (κ3) is 9.27. The van der Waals surface area contributed by atoms with Gasteiger partial charge in [-0.1, -0.05) is 71.1 Å². The second-order valence-electron chi connectivity index (χ2n) is 6.94. The minimum atomic E-state index is 0.755. The lowest BCUT2D eigenvalue weighted by atomic mass is 10.1. The normalized spacial score (nSPS) is 20.1. The highest BCUT2D eigenvalue weighted by atomic mass is 32.2. The van der Waals surface area contributed by atoms with Gasteiger partial charge in [0.2, 0.25) is 11.9 Å². The zero-order chi connectivity index (χ0) is 16.8. The Hall–Kier alpha value is -0.660. The minimum absolute atomic E-state index is 0.755. The molecule has 0 amide bonds. The van der Waals surface area contributed by atoms with E-state index in [1.54, 1.807) is 0 Å². The van der Waals surface area contributed by atoms with E-state index in [0.29, 0.717) is 0 Å². The van der Waals surface area contributed by atoms with Crippen LogP contribution in [-0.2, 0) is 0 Å². The van der Waals surface area contributed by atoms with Crippen LogP contribution in [-0.4, -0.2) is 29.0 Å². The zero-order valence-electron chi connectivity index (χ0n) is 15.3. The minimum Gasteiger partial charge on any atom is -0.328 e. The first-order chi connectivity index (χ1) is 11.2. The second-order valence-corrected chi connectivity index (χ2v) is 8.04. The van der Waals surface area contributed by atoms with Crippen molar-refractivity contribution < 1.29 is 3.89 Å². The van der Waals surface area contributed by atoms with Crippen molar-refractivity contribution in [3.05, 3.63) is 12.4 Å². The van der Waals surface area contributed by atoms with Gasteiger partial charge in [-0.05, 0) is 12.8 Å². The summed E-state index contributed by atoms with van der Waals surface area (Å²) in [4.78, 5) is 2.17. The Labute approximate surface area is 148 Å². The largest absolute Gasteiger partial charge is 0.328 e. The van der Waals surface area contributed by atoms with Gasteiger partial charge in [0.1, 0.15) is 6.20 Å². The van der Waals surface area contributed by atoms with Gasteiger partial charge in [0.15, 0.2) is 12.1 Å². The molecule has 0 aromatic rings. The molecule has 3 nitrogen and oxygen atoms in total. The van der Waals surface area contributed by atoms with Gasteiger partial charge in [-0.2, -0.15) is 5.26 Å². The fourth-order valence-corrected chi connectivity index (χ4v) is 4.00. The molecule has 0 fully saturated rings. The number of hydrogen-bond donors (Lipinski definition) is 0. The van der Waals surface area contributed by atoms with Crippen LogP contribution in [0.3, 0.4) is 0 Å². The van der Waals surface area contributed by atoms with Crippen molar-refractivity contribution in [2.75, 3.05) is 20.3 Å². The summed E-state index contributed by atoms with van der Waals surface area (Å²) in [5.41, 5.74) is 0. The molecular weight excluding hydrogens is 302 g/mol. The molecule has 0 N–H and O–H groups in total. The van der Waals surface area contributed by atoms with E-state index < -0.39 is 0 Å². The number of quaternary nitrogens is 1. The maximum Gasteiger partial charge on any atom is 0.202 e. The summed E-state index contributed by atoms with van der Waals surface area (Å²) in [5, 5.41) is 11.3. The lowest BCUT2D eigenvalue weighted by molar-refractivity contribution is -0.742. The summed E-state index contributed by atoms with van der Waals surface area (Å²) in [6.45, 7) is 4.29. The van der Waals surface area contributed by atoms with Gasteiger partial charge in [-0.15, -0.1) is 0 Å². The lowest BCUT2D eigenvalue weighted by Gasteiger charge is -2.26. The summed E-state index contributed by atoms with van der Waals surface area (Å²) < 4.78 is 0.755. The van der Waals surface area contributed by atoms with E-state index in [-0.39, 0.29) is 0 Å². The Morgan fingerprint density at radius 1 is 0.957 bits per heavy atom. The highest BCUT2D eigenvalue weighted by molar-refractivity contribution is 7.98. The molecule has 1 aliphatic heterocycles. The van der Waals surface area contributed by atoms with Gasteiger partial charge in [-0.3, -0.25) is 0 Å². The summed E-state index contributed by atoms with van der Waals surface area (Å²) >= 11 is 1.39. The topological polar surface area (TPSA) is 27.0 Å². The van der Waals surface area contributed by atoms with E-state index in [1.807, 2.05) is 0 Å². The van der Waals surface area contributed by atoms with E-state index in [0.717, 1.165) is 17.1 Å². The van der Waals surface area contributed by atoms with Crippen LogP contribution in [0.15, 0.2) is 12.4 Å². The predicted molar refractivity (Wildman–Crippen MR) is 101 cm³/mol. The summed E-state index contributed by atoms with van der Waals surface area (Å²) in [5.74, 6) is 0. The Balaban J connectivity index is 1.93. The molecule has 132 valence electrons. The van der Waals surface area contributed by atoms with E-state index in [4.69, 9.17) is 5.26 Å². The number of unbranched alkanes of at least 4 members (excludes halogenated alkanes) is 11. The van der Waals surface area contributed by atoms with Crippen LogP contribution in [0, 0.1) is 10.7 Å². The van der Waals surface area contributed by atoms with Gasteiger partial charge in [0, 0.05) is 7.05 Å². The van der Waals surface area contributed by atoms with Crippen LogP contribution in [0.4, 0.5) is 0 Å². The number of nitriles is 1. The van der Waals surface area contributed by atoms with E-state index in [2.05, 4.69) is 36.7 Å². The SMILES string of the molecule is CCCCCCCCCCCCCC[N+]1(SC#N)C=CN(C)C1. The maximum atomic E-state index is 9.01. The molecule has 1 unspecified atom stereocenters. The molecule has 23 heavy (non-hydrogen) atoms. The van der Waals surface area contributed by atoms with Crippen molar-refractivity contribution in [2.45, 2.75) is 84.0 Å². The molecule has 1 atom stereocenters. The van der Waals surface area contributed by atoms with Crippen LogP contribution in [0.5, 0.6) is 0 Å². The van der Waals surface area contributed by atoms with E-state index in [9.17, 15) is 0 Å². The Kier molecular flexibility index (Phi) is 11.3. The van der Waals surface area contributed by atoms with Gasteiger partial charge >= 0.3 is 0 Å². The molecule has 0 aromatic carbocycles. The molecular formula is C19H36N3S+. The average molecular weight is 339 g/mol. The first-order valence-electron chi connectivity index (χ1n) is 9.56. The summed E-state index contributed by atoms with van der Waals surface area (Å²) in [7, 11) is 2.08. The molecule has 0 aliphatic carbocycles. The number of thiocyanates is 1. The molecule has 1 heterocycles. The second kappa shape index (κ2) is 12.7. The first-order valence-corrected chi connectivity index (χ1v) is 10.3. The summed E-state index contributed by atoms with van der Waals surface area (Å²) in [6.07, 6.45) is 20.9. The zero-order valence-corrected chi connectivity index (χ0v) is 16.1. The fourth-order valence-electron chi connectivity index (χ4n) is 3.26. The third-order valence-corrected chi connectivity index (χ3v) is 5.53. The fraction of sp³-hybridized carbons (Fsp3) is 0.842. The van der Waals surface area contributed by atoms with Crippen molar-refractivity contribution in [1.82, 2.24) is 4.90 Å². The smallest absolute Gasteiger partial charge is 0.202 e. The number of rotatable bonds is 14. The average Bonchev–Trinajstić information content (AvgIpc) is 2.90. The molecule has 0 bridgehead atoms. The van der Waals surface area contributed by atoms with Crippen molar-refractivity contribution in [3.8, 4) is 5.40 Å². The maximum absolute atomic E-state index is 9.01. The lowest BCUT2D eigenvalue weighted by Crippen LogP contribution is -2.37. The Bertz CT molecular complexity index is 364. The molecule has 0 radical (unpaired) electrons. The Morgan fingerprint density at radius 2 is 1.48 bits per heavy atom. The van der Waals surface area contributed by atoms with Crippen LogP contribution >= 0.6 is 11.9 Å². The van der Waals surface area contributed by atoms with Crippen molar-refractivity contribution >= 4 is 11.9 Å². The highest BCUT2D eigenvalue weighted by Crippen LogP contribution is 2.29. The van der Waals surface area contributed by atoms with Gasteiger partial charge in [-0.25, -0.2) is 3.89 Å². The Morgan fingerprint density at radius 3 is 1.91 bits per heavy atom. The van der Waals surface area contributed by atoms with Crippen molar-refractivity contribution in [3.63, 3.8) is 0 Å². The molecule has 0 saturated heterocycles. The van der Waals surface area contributed by atoms with Crippen LogP contribution < -0.4 is 0 Å². The van der Waals surface area contributed by atoms with Crippen LogP contribution in [0.1, 0.15) is 84.0 Å². The van der Waals surface area contributed by atoms with Gasteiger partial charge in [0.05, 0.1) is 12.7 Å². The molecule has 0 aromatic heterocycles. The van der Waals surface area contributed by atoms with Gasteiger partial charge in [0.25, 0.3) is 0 Å². The predicted octanol–water partition coefficient (Wildman–Crippen LogP) is 6.01. The van der Waals surface area contributed by atoms with Crippen LogP contribution in [0.2, 0.25) is 0 Å². The number of nitrogens with zero attached hydrogens (tertiary/aromatic N) is 3. The van der Waals surface area contributed by atoms with Gasteiger partial charge < -0.3 is 4.90 Å². The molecule has 1 aliphatic rings. The standard InChI is InChI=1S/C19H36N3S/c1-3-4-5-6-7-8-9-10-11-12-13-14-16-22(23-18-20)17-15-21(2)19-22/h15,17H,3-14,16,19H2,1-2H3/q+1. The summed E-state index contributed by atoms with van der Waals surface area (Å²) in [6, 6.07) is 0. The van der Waals surface area contributed by atoms with Crippen LogP contribution in [0.25, 0.3) is 0 Å². The first kappa shape index (κ1) is 20.4. The third-order valence-electron chi connectivity index (χ3n) is 4.67. The molecule has 1 rings (SSSR count). The monoisotopic (exact) mass is 338 g/mol. The number of hydrogen-bond acceptors (Lipinski definition) is 3. The quantitative estimate of drug-likeness (QED) is 0.168. The molecule has 0 spiro atoms. The highest BCUT2D eigenvalue weighted by Gasteiger charge is 2.32. The van der Waals surface area contributed by atoms with E-state index in [1.165, 1.54) is 89.0 Å².